The van der Waals surface area contributed by atoms with Crippen LogP contribution in [0.5, 0.6) is 5.75 Å². The number of furan rings is 1. The first kappa shape index (κ1) is 12.6. The summed E-state index contributed by atoms with van der Waals surface area (Å²) in [7, 11) is 0. The predicted octanol–water partition coefficient (Wildman–Crippen LogP) is 4.01. The molecule has 0 saturated carbocycles. The second-order valence-corrected chi connectivity index (χ2v) is 3.78. The molecule has 0 spiro atoms. The molecule has 0 fully saturated rings. The molecule has 2 rings (SSSR count). The van der Waals surface area contributed by atoms with Crippen LogP contribution in [0.25, 0.3) is 11.3 Å². The fourth-order valence-corrected chi connectivity index (χ4v) is 1.63. The third-order valence-corrected chi connectivity index (χ3v) is 2.40. The maximum absolute atomic E-state index is 12.2. The van der Waals surface area contributed by atoms with Gasteiger partial charge >= 0.3 is 6.61 Å². The zero-order valence-electron chi connectivity index (χ0n) is 8.90. The van der Waals surface area contributed by atoms with E-state index in [1.54, 1.807) is 0 Å². The highest BCUT2D eigenvalue weighted by Crippen LogP contribution is 2.34. The Bertz CT molecular complexity index is 566. The lowest BCUT2D eigenvalue weighted by atomic mass is 10.1. The number of hydrogen-bond donors (Lipinski definition) is 0. The minimum Gasteiger partial charge on any atom is -0.453 e. The van der Waals surface area contributed by atoms with E-state index in [9.17, 15) is 13.6 Å². The number of ether oxygens (including phenoxy) is 1. The number of benzene rings is 1. The van der Waals surface area contributed by atoms with E-state index in [0.717, 1.165) is 0 Å². The molecule has 0 aliphatic carbocycles. The minimum atomic E-state index is -2.95. The molecule has 3 nitrogen and oxygen atoms in total. The van der Waals surface area contributed by atoms with Gasteiger partial charge in [-0.15, -0.1) is 0 Å². The third kappa shape index (κ3) is 2.68. The van der Waals surface area contributed by atoms with Crippen molar-refractivity contribution < 1.29 is 22.7 Å². The zero-order chi connectivity index (χ0) is 13.1. The molecule has 0 N–H and O–H groups in total. The number of carbonyl (C=O) groups is 1. The summed E-state index contributed by atoms with van der Waals surface area (Å²) < 4.78 is 34.0. The second-order valence-electron chi connectivity index (χ2n) is 3.34. The van der Waals surface area contributed by atoms with Crippen LogP contribution in [-0.4, -0.2) is 12.9 Å². The van der Waals surface area contributed by atoms with Gasteiger partial charge in [-0.3, -0.25) is 4.79 Å². The molecule has 0 saturated heterocycles. The lowest BCUT2D eigenvalue weighted by molar-refractivity contribution is -0.0495. The van der Waals surface area contributed by atoms with E-state index in [0.29, 0.717) is 11.3 Å². The van der Waals surface area contributed by atoms with Crippen LogP contribution in [0, 0.1) is 0 Å². The van der Waals surface area contributed by atoms with Crippen molar-refractivity contribution in [3.8, 4) is 17.1 Å². The van der Waals surface area contributed by atoms with Gasteiger partial charge in [-0.1, -0.05) is 11.6 Å². The average molecular weight is 273 g/mol. The van der Waals surface area contributed by atoms with Crippen molar-refractivity contribution in [1.82, 2.24) is 0 Å². The van der Waals surface area contributed by atoms with Gasteiger partial charge in [0.25, 0.3) is 0 Å². The van der Waals surface area contributed by atoms with Crippen molar-refractivity contribution in [1.29, 1.82) is 0 Å². The van der Waals surface area contributed by atoms with E-state index in [4.69, 9.17) is 16.0 Å². The third-order valence-electron chi connectivity index (χ3n) is 2.17. The minimum absolute atomic E-state index is 0.0683. The van der Waals surface area contributed by atoms with Crippen molar-refractivity contribution in [2.45, 2.75) is 6.61 Å². The maximum atomic E-state index is 12.2. The van der Waals surface area contributed by atoms with Gasteiger partial charge in [0.05, 0.1) is 5.56 Å². The molecule has 2 aromatic rings. The van der Waals surface area contributed by atoms with Crippen LogP contribution in [0.15, 0.2) is 34.7 Å². The van der Waals surface area contributed by atoms with Crippen molar-refractivity contribution >= 4 is 17.9 Å². The van der Waals surface area contributed by atoms with E-state index in [1.165, 1.54) is 30.3 Å². The van der Waals surface area contributed by atoms with Crippen LogP contribution < -0.4 is 4.74 Å². The Balaban J connectivity index is 2.46. The molecule has 18 heavy (non-hydrogen) atoms. The van der Waals surface area contributed by atoms with E-state index in [1.807, 2.05) is 0 Å². The first-order valence-corrected chi connectivity index (χ1v) is 5.27. The Morgan fingerprint density at radius 1 is 1.28 bits per heavy atom. The average Bonchev–Trinajstić information content (AvgIpc) is 2.79. The molecule has 0 radical (unpaired) electrons. The van der Waals surface area contributed by atoms with Gasteiger partial charge in [0.2, 0.25) is 0 Å². The number of halogens is 3. The van der Waals surface area contributed by atoms with Gasteiger partial charge in [-0.25, -0.2) is 0 Å². The standard InChI is InChI=1S/C12H7ClF2O3/c13-7-1-3-11(18-12(14)15)9(5-7)10-4-2-8(6-16)17-10/h1-6,12H. The SMILES string of the molecule is O=Cc1ccc(-c2cc(Cl)ccc2OC(F)F)o1. The molecular formula is C12H7ClF2O3. The van der Waals surface area contributed by atoms with Gasteiger partial charge in [0, 0.05) is 5.02 Å². The summed E-state index contributed by atoms with van der Waals surface area (Å²) in [6.45, 7) is -2.95. The first-order valence-electron chi connectivity index (χ1n) is 4.90. The predicted molar refractivity (Wildman–Crippen MR) is 61.2 cm³/mol. The van der Waals surface area contributed by atoms with E-state index in [2.05, 4.69) is 4.74 Å². The van der Waals surface area contributed by atoms with Crippen LogP contribution in [0.3, 0.4) is 0 Å². The second kappa shape index (κ2) is 5.18. The first-order chi connectivity index (χ1) is 8.60. The molecule has 0 amide bonds. The quantitative estimate of drug-likeness (QED) is 0.789. The smallest absolute Gasteiger partial charge is 0.387 e. The van der Waals surface area contributed by atoms with Crippen LogP contribution in [-0.2, 0) is 0 Å². The molecule has 0 bridgehead atoms. The summed E-state index contributed by atoms with van der Waals surface area (Å²) in [5, 5.41) is 0.343. The number of alkyl halides is 2. The van der Waals surface area contributed by atoms with Crippen molar-refractivity contribution in [2.75, 3.05) is 0 Å². The molecule has 6 heteroatoms. The molecule has 1 heterocycles. The largest absolute Gasteiger partial charge is 0.453 e. The van der Waals surface area contributed by atoms with Crippen LogP contribution in [0.2, 0.25) is 5.02 Å². The van der Waals surface area contributed by atoms with Crippen LogP contribution in [0.1, 0.15) is 10.6 Å². The molecule has 94 valence electrons. The molecule has 1 aromatic heterocycles. The Hall–Kier alpha value is -1.88. The highest BCUT2D eigenvalue weighted by atomic mass is 35.5. The van der Waals surface area contributed by atoms with Gasteiger partial charge in [0.15, 0.2) is 12.0 Å². The van der Waals surface area contributed by atoms with E-state index < -0.39 is 6.61 Å². The Labute approximate surface area is 106 Å². The van der Waals surface area contributed by atoms with Gasteiger partial charge in [-0.2, -0.15) is 8.78 Å². The fourth-order valence-electron chi connectivity index (χ4n) is 1.45. The summed E-state index contributed by atoms with van der Waals surface area (Å²) in [6.07, 6.45) is 0.516. The van der Waals surface area contributed by atoms with Crippen molar-refractivity contribution in [3.63, 3.8) is 0 Å². The van der Waals surface area contributed by atoms with Crippen molar-refractivity contribution in [2.24, 2.45) is 0 Å². The highest BCUT2D eigenvalue weighted by molar-refractivity contribution is 6.30. The molecule has 0 unspecified atom stereocenters. The van der Waals surface area contributed by atoms with Gasteiger partial charge < -0.3 is 9.15 Å². The topological polar surface area (TPSA) is 39.4 Å². The Kier molecular flexibility index (Phi) is 3.62. The summed E-state index contributed by atoms with van der Waals surface area (Å²) >= 11 is 5.79. The normalized spacial score (nSPS) is 10.7. The molecule has 1 aromatic carbocycles. The molecular weight excluding hydrogens is 266 g/mol. The van der Waals surface area contributed by atoms with E-state index in [-0.39, 0.29) is 22.8 Å². The van der Waals surface area contributed by atoms with Crippen LogP contribution >= 0.6 is 11.6 Å². The summed E-state index contributed by atoms with van der Waals surface area (Å²) in [4.78, 5) is 10.5. The van der Waals surface area contributed by atoms with Crippen LogP contribution in [0.4, 0.5) is 8.78 Å². The molecule has 0 aliphatic rings. The van der Waals surface area contributed by atoms with E-state index >= 15 is 0 Å². The lowest BCUT2D eigenvalue weighted by Crippen LogP contribution is -2.02. The monoisotopic (exact) mass is 272 g/mol. The Morgan fingerprint density at radius 3 is 2.67 bits per heavy atom. The molecule has 0 aliphatic heterocycles. The Morgan fingerprint density at radius 2 is 2.06 bits per heavy atom. The highest BCUT2D eigenvalue weighted by Gasteiger charge is 2.14. The fraction of sp³-hybridized carbons (Fsp3) is 0.0833. The summed E-state index contributed by atoms with van der Waals surface area (Å²) in [5.41, 5.74) is 0.260. The lowest BCUT2D eigenvalue weighted by Gasteiger charge is -2.09. The van der Waals surface area contributed by atoms with Crippen molar-refractivity contribution in [3.05, 3.63) is 41.1 Å². The zero-order valence-corrected chi connectivity index (χ0v) is 9.66. The van der Waals surface area contributed by atoms with Gasteiger partial charge in [0.1, 0.15) is 11.5 Å². The number of hydrogen-bond acceptors (Lipinski definition) is 3. The number of aldehydes is 1. The number of rotatable bonds is 4. The number of carbonyl (C=O) groups excluding carboxylic acids is 1. The maximum Gasteiger partial charge on any atom is 0.387 e. The van der Waals surface area contributed by atoms with Gasteiger partial charge in [-0.05, 0) is 30.3 Å². The molecule has 0 atom stereocenters. The summed E-state index contributed by atoms with van der Waals surface area (Å²) in [5.74, 6) is 0.254. The summed E-state index contributed by atoms with van der Waals surface area (Å²) in [6, 6.07) is 7.06.